The van der Waals surface area contributed by atoms with E-state index < -0.39 is 0 Å². The van der Waals surface area contributed by atoms with Crippen LogP contribution in [-0.4, -0.2) is 4.98 Å². The number of nitrogens with zero attached hydrogens (tertiary/aromatic N) is 1. The number of rotatable bonds is 3. The van der Waals surface area contributed by atoms with Crippen LogP contribution in [0.5, 0.6) is 0 Å². The average molecular weight is 344 g/mol. The van der Waals surface area contributed by atoms with Crippen molar-refractivity contribution in [2.24, 2.45) is 0 Å². The molecule has 1 atom stereocenters. The van der Waals surface area contributed by atoms with Gasteiger partial charge in [0.1, 0.15) is 11.0 Å². The lowest BCUT2D eigenvalue weighted by atomic mass is 10.1. The maximum atomic E-state index is 13.9. The Morgan fingerprint density at radius 2 is 2.05 bits per heavy atom. The minimum absolute atomic E-state index is 0.158. The highest BCUT2D eigenvalue weighted by molar-refractivity contribution is 9.10. The quantitative estimate of drug-likeness (QED) is 0.783. The Morgan fingerprint density at radius 1 is 1.32 bits per heavy atom. The number of pyridine rings is 1. The summed E-state index contributed by atoms with van der Waals surface area (Å²) in [5, 5.41) is 3.69. The molecule has 1 unspecified atom stereocenters. The van der Waals surface area contributed by atoms with E-state index in [0.717, 1.165) is 15.9 Å². The Labute approximate surface area is 125 Å². The Balaban J connectivity index is 2.23. The number of anilines is 1. The van der Waals surface area contributed by atoms with Gasteiger partial charge in [-0.25, -0.2) is 9.37 Å². The van der Waals surface area contributed by atoms with Crippen LogP contribution < -0.4 is 5.32 Å². The van der Waals surface area contributed by atoms with Crippen molar-refractivity contribution in [2.45, 2.75) is 19.9 Å². The van der Waals surface area contributed by atoms with Crippen LogP contribution in [0.1, 0.15) is 24.2 Å². The zero-order valence-corrected chi connectivity index (χ0v) is 12.9. The van der Waals surface area contributed by atoms with E-state index in [1.807, 2.05) is 26.0 Å². The summed E-state index contributed by atoms with van der Waals surface area (Å²) in [6.07, 6.45) is 0. The molecule has 5 heteroatoms. The predicted octanol–water partition coefficient (Wildman–Crippen LogP) is 5.12. The summed E-state index contributed by atoms with van der Waals surface area (Å²) in [6.45, 7) is 3.76. The highest BCUT2D eigenvalue weighted by Crippen LogP contribution is 2.25. The van der Waals surface area contributed by atoms with Gasteiger partial charge in [0.2, 0.25) is 0 Å². The van der Waals surface area contributed by atoms with Gasteiger partial charge in [-0.3, -0.25) is 0 Å². The monoisotopic (exact) mass is 342 g/mol. The summed E-state index contributed by atoms with van der Waals surface area (Å²) in [7, 11) is 0. The molecule has 0 bridgehead atoms. The number of hydrogen-bond acceptors (Lipinski definition) is 2. The molecule has 2 rings (SSSR count). The first kappa shape index (κ1) is 14.3. The molecular weight excluding hydrogens is 331 g/mol. The van der Waals surface area contributed by atoms with Gasteiger partial charge in [-0.15, -0.1) is 0 Å². The topological polar surface area (TPSA) is 24.9 Å². The Hall–Kier alpha value is -1.13. The van der Waals surface area contributed by atoms with E-state index in [4.69, 9.17) is 11.6 Å². The van der Waals surface area contributed by atoms with Gasteiger partial charge in [-0.05, 0) is 38.1 Å². The van der Waals surface area contributed by atoms with Gasteiger partial charge in [-0.1, -0.05) is 33.6 Å². The first-order valence-corrected chi connectivity index (χ1v) is 6.99. The minimum atomic E-state index is -0.242. The Morgan fingerprint density at radius 3 is 2.68 bits per heavy atom. The number of halogens is 3. The van der Waals surface area contributed by atoms with Crippen molar-refractivity contribution in [2.75, 3.05) is 5.32 Å². The van der Waals surface area contributed by atoms with Crippen LogP contribution in [0.25, 0.3) is 0 Å². The first-order valence-electron chi connectivity index (χ1n) is 5.82. The molecule has 19 heavy (non-hydrogen) atoms. The van der Waals surface area contributed by atoms with Crippen molar-refractivity contribution in [3.8, 4) is 0 Å². The van der Waals surface area contributed by atoms with Crippen molar-refractivity contribution in [1.82, 2.24) is 4.98 Å². The summed E-state index contributed by atoms with van der Waals surface area (Å²) in [6, 6.07) is 8.44. The normalized spacial score (nSPS) is 12.3. The zero-order valence-electron chi connectivity index (χ0n) is 10.5. The molecule has 2 aromatic rings. The van der Waals surface area contributed by atoms with Gasteiger partial charge in [0.05, 0.1) is 17.4 Å². The van der Waals surface area contributed by atoms with Gasteiger partial charge in [-0.2, -0.15) is 0 Å². The number of nitrogens with one attached hydrogen (secondary N) is 1. The van der Waals surface area contributed by atoms with E-state index in [9.17, 15) is 4.39 Å². The van der Waals surface area contributed by atoms with Crippen LogP contribution in [0.3, 0.4) is 0 Å². The van der Waals surface area contributed by atoms with E-state index in [-0.39, 0.29) is 11.9 Å². The fourth-order valence-corrected chi connectivity index (χ4v) is 2.37. The molecule has 100 valence electrons. The predicted molar refractivity (Wildman–Crippen MR) is 80.1 cm³/mol. The SMILES string of the molecule is Cc1nc(Cl)ccc1NC(C)c1ccc(Br)cc1F. The number of benzene rings is 1. The molecule has 1 N–H and O–H groups in total. The number of aryl methyl sites for hydroxylation is 1. The van der Waals surface area contributed by atoms with Crippen molar-refractivity contribution in [3.63, 3.8) is 0 Å². The Kier molecular flexibility index (Phi) is 4.42. The zero-order chi connectivity index (χ0) is 14.0. The van der Waals surface area contributed by atoms with Crippen LogP contribution in [0.4, 0.5) is 10.1 Å². The molecule has 0 amide bonds. The second kappa shape index (κ2) is 5.88. The van der Waals surface area contributed by atoms with Gasteiger partial charge in [0, 0.05) is 10.0 Å². The molecule has 1 heterocycles. The molecule has 0 aliphatic carbocycles. The van der Waals surface area contributed by atoms with E-state index in [0.29, 0.717) is 10.7 Å². The van der Waals surface area contributed by atoms with Crippen LogP contribution in [0.2, 0.25) is 5.15 Å². The molecule has 0 spiro atoms. The molecule has 0 fully saturated rings. The molecule has 2 nitrogen and oxygen atoms in total. The average Bonchev–Trinajstić information content (AvgIpc) is 2.32. The molecule has 1 aromatic carbocycles. The number of aromatic nitrogens is 1. The van der Waals surface area contributed by atoms with Gasteiger partial charge in [0.25, 0.3) is 0 Å². The Bertz CT molecular complexity index is 604. The summed E-state index contributed by atoms with van der Waals surface area (Å²) in [4.78, 5) is 4.16. The molecule has 0 saturated carbocycles. The molecule has 1 aromatic heterocycles. The summed E-state index contributed by atoms with van der Waals surface area (Å²) < 4.78 is 14.6. The summed E-state index contributed by atoms with van der Waals surface area (Å²) in [5.41, 5.74) is 2.24. The van der Waals surface area contributed by atoms with Crippen LogP contribution in [0.15, 0.2) is 34.8 Å². The second-order valence-electron chi connectivity index (χ2n) is 4.30. The largest absolute Gasteiger partial charge is 0.377 e. The van der Waals surface area contributed by atoms with Crippen LogP contribution in [0, 0.1) is 12.7 Å². The lowest BCUT2D eigenvalue weighted by molar-refractivity contribution is 0.599. The minimum Gasteiger partial charge on any atom is -0.377 e. The fraction of sp³-hybridized carbons (Fsp3) is 0.214. The molecule has 0 aliphatic rings. The maximum absolute atomic E-state index is 13.9. The maximum Gasteiger partial charge on any atom is 0.129 e. The molecule has 0 aliphatic heterocycles. The van der Waals surface area contributed by atoms with Crippen molar-refractivity contribution < 1.29 is 4.39 Å². The lowest BCUT2D eigenvalue weighted by Gasteiger charge is -2.17. The van der Waals surface area contributed by atoms with Crippen LogP contribution >= 0.6 is 27.5 Å². The van der Waals surface area contributed by atoms with Crippen molar-refractivity contribution in [3.05, 3.63) is 57.0 Å². The molecule has 0 radical (unpaired) electrons. The van der Waals surface area contributed by atoms with Gasteiger partial charge >= 0.3 is 0 Å². The van der Waals surface area contributed by atoms with E-state index in [2.05, 4.69) is 26.2 Å². The van der Waals surface area contributed by atoms with Gasteiger partial charge < -0.3 is 5.32 Å². The third-order valence-electron chi connectivity index (χ3n) is 2.85. The third kappa shape index (κ3) is 3.45. The van der Waals surface area contributed by atoms with E-state index in [1.165, 1.54) is 6.07 Å². The standard InChI is InChI=1S/C14H13BrClFN2/c1-8(11-4-3-10(15)7-12(11)17)18-13-5-6-14(16)19-9(13)2/h3-8,18H,1-2H3. The number of hydrogen-bond donors (Lipinski definition) is 1. The van der Waals surface area contributed by atoms with Gasteiger partial charge in [0.15, 0.2) is 0 Å². The van der Waals surface area contributed by atoms with E-state index in [1.54, 1.807) is 12.1 Å². The third-order valence-corrected chi connectivity index (χ3v) is 3.56. The summed E-state index contributed by atoms with van der Waals surface area (Å²) >= 11 is 9.06. The lowest BCUT2D eigenvalue weighted by Crippen LogP contribution is -2.10. The van der Waals surface area contributed by atoms with Crippen LogP contribution in [-0.2, 0) is 0 Å². The highest BCUT2D eigenvalue weighted by Gasteiger charge is 2.12. The highest BCUT2D eigenvalue weighted by atomic mass is 79.9. The van der Waals surface area contributed by atoms with E-state index >= 15 is 0 Å². The van der Waals surface area contributed by atoms with Crippen molar-refractivity contribution >= 4 is 33.2 Å². The van der Waals surface area contributed by atoms with Crippen molar-refractivity contribution in [1.29, 1.82) is 0 Å². The molecular formula is C14H13BrClFN2. The first-order chi connectivity index (χ1) is 8.97. The fourth-order valence-electron chi connectivity index (χ4n) is 1.85. The molecule has 0 saturated heterocycles. The second-order valence-corrected chi connectivity index (χ2v) is 5.60. The smallest absolute Gasteiger partial charge is 0.129 e. The summed E-state index contributed by atoms with van der Waals surface area (Å²) in [5.74, 6) is -0.242.